The molecular formula is C25H44O6. The SMILES string of the molecule is CO[C@H]1CC2C[C@H](O)C[C@@H](CC(O)O[C@H](/C=C/CC(C)C)C[C@H]3CCC(C)C(C1)O3)O2. The average molecular weight is 441 g/mol. The third-order valence-corrected chi connectivity index (χ3v) is 7.00. The zero-order chi connectivity index (χ0) is 22.4. The summed E-state index contributed by atoms with van der Waals surface area (Å²) < 4.78 is 24.6. The summed E-state index contributed by atoms with van der Waals surface area (Å²) >= 11 is 0. The molecule has 6 heteroatoms. The predicted octanol–water partition coefficient (Wildman–Crippen LogP) is 3.97. The molecular weight excluding hydrogens is 396 g/mol. The van der Waals surface area contributed by atoms with Crippen molar-refractivity contribution in [2.45, 2.75) is 128 Å². The molecule has 0 amide bonds. The molecule has 0 spiro atoms. The van der Waals surface area contributed by atoms with Gasteiger partial charge in [0.1, 0.15) is 0 Å². The van der Waals surface area contributed by atoms with Crippen molar-refractivity contribution in [1.29, 1.82) is 0 Å². The molecule has 0 aromatic carbocycles. The van der Waals surface area contributed by atoms with Crippen LogP contribution in [-0.2, 0) is 18.9 Å². The maximum Gasteiger partial charge on any atom is 0.157 e. The van der Waals surface area contributed by atoms with Gasteiger partial charge in [-0.15, -0.1) is 0 Å². The summed E-state index contributed by atoms with van der Waals surface area (Å²) in [6, 6.07) is 0. The maximum absolute atomic E-state index is 10.7. The van der Waals surface area contributed by atoms with E-state index < -0.39 is 12.4 Å². The summed E-state index contributed by atoms with van der Waals surface area (Å²) in [6.07, 6.45) is 9.66. The van der Waals surface area contributed by atoms with Crippen molar-refractivity contribution in [3.8, 4) is 0 Å². The van der Waals surface area contributed by atoms with Crippen LogP contribution in [0.1, 0.15) is 78.6 Å². The Morgan fingerprint density at radius 1 is 0.903 bits per heavy atom. The van der Waals surface area contributed by atoms with Gasteiger partial charge in [0.2, 0.25) is 0 Å². The number of hydrogen-bond acceptors (Lipinski definition) is 6. The largest absolute Gasteiger partial charge is 0.393 e. The van der Waals surface area contributed by atoms with Crippen LogP contribution in [0.3, 0.4) is 0 Å². The molecule has 3 aliphatic rings. The zero-order valence-electron chi connectivity index (χ0n) is 19.8. The first kappa shape index (κ1) is 25.1. The van der Waals surface area contributed by atoms with Crippen molar-refractivity contribution < 1.29 is 29.2 Å². The fraction of sp³-hybridized carbons (Fsp3) is 0.920. The fourth-order valence-corrected chi connectivity index (χ4v) is 5.20. The molecule has 0 aromatic rings. The molecule has 0 radical (unpaired) electrons. The van der Waals surface area contributed by atoms with E-state index >= 15 is 0 Å². The van der Waals surface area contributed by atoms with Crippen molar-refractivity contribution >= 4 is 0 Å². The summed E-state index contributed by atoms with van der Waals surface area (Å²) in [7, 11) is 1.75. The molecule has 31 heavy (non-hydrogen) atoms. The van der Waals surface area contributed by atoms with Gasteiger partial charge in [-0.25, -0.2) is 0 Å². The van der Waals surface area contributed by atoms with Gasteiger partial charge in [0.05, 0.1) is 42.7 Å². The van der Waals surface area contributed by atoms with E-state index in [1.807, 2.05) is 0 Å². The topological polar surface area (TPSA) is 77.4 Å². The Balaban J connectivity index is 1.77. The number of ether oxygens (including phenoxy) is 4. The zero-order valence-corrected chi connectivity index (χ0v) is 19.8. The molecule has 3 heterocycles. The maximum atomic E-state index is 10.7. The Kier molecular flexibility index (Phi) is 9.81. The first-order valence-electron chi connectivity index (χ1n) is 12.3. The number of rotatable bonds is 4. The first-order valence-corrected chi connectivity index (χ1v) is 12.3. The molecule has 3 rings (SSSR count). The Labute approximate surface area is 188 Å². The van der Waals surface area contributed by atoms with Crippen LogP contribution in [0, 0.1) is 11.8 Å². The monoisotopic (exact) mass is 440 g/mol. The third kappa shape index (κ3) is 8.09. The van der Waals surface area contributed by atoms with E-state index in [-0.39, 0.29) is 36.6 Å². The van der Waals surface area contributed by atoms with E-state index in [4.69, 9.17) is 18.9 Å². The lowest BCUT2D eigenvalue weighted by atomic mass is 9.86. The van der Waals surface area contributed by atoms with Gasteiger partial charge >= 0.3 is 0 Å². The lowest BCUT2D eigenvalue weighted by Crippen LogP contribution is -2.43. The van der Waals surface area contributed by atoms with Crippen LogP contribution in [0.15, 0.2) is 12.2 Å². The predicted molar refractivity (Wildman–Crippen MR) is 120 cm³/mol. The van der Waals surface area contributed by atoms with Gasteiger partial charge < -0.3 is 29.2 Å². The van der Waals surface area contributed by atoms with E-state index in [9.17, 15) is 10.2 Å². The number of hydrogen-bond donors (Lipinski definition) is 2. The van der Waals surface area contributed by atoms with Gasteiger partial charge in [0, 0.05) is 26.4 Å². The standard InChI is InChI=1S/C25H44O6/c1-16(2)6-5-7-19-12-20-9-8-17(3)24(30-20)14-21(28-4)13-22-10-18(26)11-23(29-22)15-25(27)31-19/h5,7,16-27H,6,8-15H2,1-4H3/b7-5+/t17?,18-,19+,20+,21-,22?,23-,24?,25?/m0/s1. The first-order chi connectivity index (χ1) is 14.8. The molecule has 180 valence electrons. The highest BCUT2D eigenvalue weighted by atomic mass is 16.6. The van der Waals surface area contributed by atoms with Crippen molar-refractivity contribution in [2.24, 2.45) is 11.8 Å². The van der Waals surface area contributed by atoms with Crippen molar-refractivity contribution in [2.75, 3.05) is 7.11 Å². The Bertz CT molecular complexity index is 552. The van der Waals surface area contributed by atoms with E-state index in [0.717, 1.165) is 38.5 Å². The average Bonchev–Trinajstić information content (AvgIpc) is 2.68. The second kappa shape index (κ2) is 12.1. The Hall–Kier alpha value is -0.500. The summed E-state index contributed by atoms with van der Waals surface area (Å²) in [5, 5.41) is 21.1. The van der Waals surface area contributed by atoms with Gasteiger partial charge in [0.15, 0.2) is 6.29 Å². The van der Waals surface area contributed by atoms with Gasteiger partial charge in [-0.2, -0.15) is 0 Å². The summed E-state index contributed by atoms with van der Waals surface area (Å²) in [5.74, 6) is 1.06. The summed E-state index contributed by atoms with van der Waals surface area (Å²) in [6.45, 7) is 6.64. The quantitative estimate of drug-likeness (QED) is 0.644. The molecule has 3 aliphatic heterocycles. The van der Waals surface area contributed by atoms with E-state index in [2.05, 4.69) is 32.9 Å². The number of aliphatic hydroxyl groups is 2. The molecule has 4 unspecified atom stereocenters. The highest BCUT2D eigenvalue weighted by Gasteiger charge is 2.36. The van der Waals surface area contributed by atoms with Crippen LogP contribution < -0.4 is 0 Å². The van der Waals surface area contributed by atoms with Gasteiger partial charge in [-0.3, -0.25) is 0 Å². The molecule has 3 saturated heterocycles. The minimum absolute atomic E-state index is 0.0352. The van der Waals surface area contributed by atoms with Crippen molar-refractivity contribution in [1.82, 2.24) is 0 Å². The van der Waals surface area contributed by atoms with Gasteiger partial charge in [-0.1, -0.05) is 32.9 Å². The van der Waals surface area contributed by atoms with Crippen LogP contribution in [0.2, 0.25) is 0 Å². The van der Waals surface area contributed by atoms with Gasteiger partial charge in [0.25, 0.3) is 0 Å². The Morgan fingerprint density at radius 3 is 2.35 bits per heavy atom. The number of fused-ring (bicyclic) bond motifs is 4. The van der Waals surface area contributed by atoms with Crippen LogP contribution in [0.25, 0.3) is 0 Å². The number of allylic oxidation sites excluding steroid dienone is 1. The molecule has 0 saturated carbocycles. The van der Waals surface area contributed by atoms with Crippen LogP contribution >= 0.6 is 0 Å². The van der Waals surface area contributed by atoms with E-state index in [1.54, 1.807) is 7.11 Å². The normalized spacial score (nSPS) is 43.1. The summed E-state index contributed by atoms with van der Waals surface area (Å²) in [5.41, 5.74) is 0. The molecule has 3 fully saturated rings. The number of aliphatic hydroxyl groups excluding tert-OH is 2. The lowest BCUT2D eigenvalue weighted by Gasteiger charge is -2.40. The highest BCUT2D eigenvalue weighted by Crippen LogP contribution is 2.34. The number of methoxy groups -OCH3 is 1. The second-order valence-corrected chi connectivity index (χ2v) is 10.3. The van der Waals surface area contributed by atoms with Crippen LogP contribution in [0.4, 0.5) is 0 Å². The van der Waals surface area contributed by atoms with Crippen LogP contribution in [-0.4, -0.2) is 66.3 Å². The third-order valence-electron chi connectivity index (χ3n) is 7.00. The summed E-state index contributed by atoms with van der Waals surface area (Å²) in [4.78, 5) is 0. The van der Waals surface area contributed by atoms with E-state index in [1.165, 1.54) is 0 Å². The van der Waals surface area contributed by atoms with E-state index in [0.29, 0.717) is 31.1 Å². The minimum atomic E-state index is -0.927. The second-order valence-electron chi connectivity index (χ2n) is 10.3. The molecule has 4 bridgehead atoms. The highest BCUT2D eigenvalue weighted by molar-refractivity contribution is 4.93. The van der Waals surface area contributed by atoms with Crippen molar-refractivity contribution in [3.63, 3.8) is 0 Å². The fourth-order valence-electron chi connectivity index (χ4n) is 5.20. The van der Waals surface area contributed by atoms with Gasteiger partial charge in [-0.05, 0) is 50.4 Å². The molecule has 6 nitrogen and oxygen atoms in total. The minimum Gasteiger partial charge on any atom is -0.393 e. The molecule has 0 aliphatic carbocycles. The Morgan fingerprint density at radius 2 is 1.65 bits per heavy atom. The smallest absolute Gasteiger partial charge is 0.157 e. The molecule has 2 N–H and O–H groups in total. The van der Waals surface area contributed by atoms with Crippen LogP contribution in [0.5, 0.6) is 0 Å². The molecule has 0 aromatic heterocycles. The molecule has 9 atom stereocenters. The van der Waals surface area contributed by atoms with Crippen molar-refractivity contribution in [3.05, 3.63) is 12.2 Å². The lowest BCUT2D eigenvalue weighted by molar-refractivity contribution is -0.188.